The second-order valence-electron chi connectivity index (χ2n) is 5.44. The highest BCUT2D eigenvalue weighted by atomic mass is 32.1. The number of aromatic carboxylic acids is 1. The van der Waals surface area contributed by atoms with Crippen LogP contribution in [-0.2, 0) is 6.54 Å². The van der Waals surface area contributed by atoms with E-state index in [9.17, 15) is 9.59 Å². The number of hydrogen-bond acceptors (Lipinski definition) is 5. The van der Waals surface area contributed by atoms with Crippen molar-refractivity contribution in [1.82, 2.24) is 9.55 Å². The van der Waals surface area contributed by atoms with Gasteiger partial charge >= 0.3 is 5.97 Å². The van der Waals surface area contributed by atoms with Crippen molar-refractivity contribution in [1.29, 1.82) is 0 Å². The van der Waals surface area contributed by atoms with Crippen molar-refractivity contribution < 1.29 is 14.3 Å². The third-order valence-corrected chi connectivity index (χ3v) is 4.73. The zero-order valence-corrected chi connectivity index (χ0v) is 13.7. The molecule has 0 aliphatic rings. The second kappa shape index (κ2) is 6.03. The third kappa shape index (κ3) is 2.74. The van der Waals surface area contributed by atoms with Gasteiger partial charge in [0.1, 0.15) is 10.6 Å². The van der Waals surface area contributed by atoms with Crippen LogP contribution in [0.15, 0.2) is 63.4 Å². The summed E-state index contributed by atoms with van der Waals surface area (Å²) in [4.78, 5) is 28.8. The van der Waals surface area contributed by atoms with Crippen LogP contribution in [0.5, 0.6) is 0 Å². The Kier molecular flexibility index (Phi) is 3.70. The number of carboxylic acid groups (broad SMARTS) is 1. The zero-order chi connectivity index (χ0) is 17.4. The molecule has 124 valence electrons. The molecule has 0 spiro atoms. The molecule has 6 nitrogen and oxygen atoms in total. The van der Waals surface area contributed by atoms with Gasteiger partial charge in [-0.15, -0.1) is 11.3 Å². The van der Waals surface area contributed by atoms with E-state index in [1.165, 1.54) is 28.3 Å². The van der Waals surface area contributed by atoms with Crippen LogP contribution in [0.2, 0.25) is 0 Å². The van der Waals surface area contributed by atoms with Crippen LogP contribution in [0.3, 0.4) is 0 Å². The molecule has 1 aromatic carbocycles. The van der Waals surface area contributed by atoms with Gasteiger partial charge in [0.15, 0.2) is 0 Å². The van der Waals surface area contributed by atoms with Gasteiger partial charge < -0.3 is 9.52 Å². The largest absolute Gasteiger partial charge is 0.475 e. The summed E-state index contributed by atoms with van der Waals surface area (Å²) >= 11 is 1.42. The standard InChI is InChI=1S/C18H12N2O4S/c21-17-15-13(11-4-2-1-3-5-11)9-25-16(15)19-10-20(17)8-12-6-7-14(24-12)18(22)23/h1-7,9-10H,8H2,(H,22,23). The number of carbonyl (C=O) groups is 1. The first-order chi connectivity index (χ1) is 12.1. The van der Waals surface area contributed by atoms with E-state index in [0.717, 1.165) is 11.1 Å². The number of nitrogens with zero attached hydrogens (tertiary/aromatic N) is 2. The summed E-state index contributed by atoms with van der Waals surface area (Å²) in [5.41, 5.74) is 1.62. The molecule has 0 aliphatic carbocycles. The third-order valence-electron chi connectivity index (χ3n) is 3.84. The highest BCUT2D eigenvalue weighted by molar-refractivity contribution is 7.17. The van der Waals surface area contributed by atoms with Crippen LogP contribution in [0.25, 0.3) is 21.3 Å². The number of rotatable bonds is 4. The van der Waals surface area contributed by atoms with Crippen molar-refractivity contribution in [2.45, 2.75) is 6.54 Å². The van der Waals surface area contributed by atoms with Crippen molar-refractivity contribution in [3.8, 4) is 11.1 Å². The highest BCUT2D eigenvalue weighted by Gasteiger charge is 2.15. The minimum absolute atomic E-state index is 0.124. The first kappa shape index (κ1) is 15.3. The molecule has 3 heterocycles. The summed E-state index contributed by atoms with van der Waals surface area (Å²) < 4.78 is 6.65. The molecule has 0 bridgehead atoms. The molecule has 3 aromatic heterocycles. The molecular weight excluding hydrogens is 340 g/mol. The quantitative estimate of drug-likeness (QED) is 0.608. The Labute approximate surface area is 145 Å². The van der Waals surface area contributed by atoms with Crippen LogP contribution in [0.1, 0.15) is 16.3 Å². The Balaban J connectivity index is 1.79. The normalized spacial score (nSPS) is 11.0. The molecule has 4 aromatic rings. The molecule has 0 saturated carbocycles. The Morgan fingerprint density at radius 1 is 1.20 bits per heavy atom. The summed E-state index contributed by atoms with van der Waals surface area (Å²) in [5.74, 6) is -0.911. The van der Waals surface area contributed by atoms with E-state index in [1.54, 1.807) is 6.07 Å². The molecule has 4 rings (SSSR count). The van der Waals surface area contributed by atoms with E-state index in [-0.39, 0.29) is 17.9 Å². The minimum atomic E-state index is -1.14. The van der Waals surface area contributed by atoms with Gasteiger partial charge in [-0.1, -0.05) is 30.3 Å². The maximum atomic E-state index is 12.9. The van der Waals surface area contributed by atoms with E-state index >= 15 is 0 Å². The monoisotopic (exact) mass is 352 g/mol. The number of carboxylic acids is 1. The lowest BCUT2D eigenvalue weighted by Gasteiger charge is -2.04. The Bertz CT molecular complexity index is 1120. The lowest BCUT2D eigenvalue weighted by atomic mass is 10.1. The fourth-order valence-corrected chi connectivity index (χ4v) is 3.56. The van der Waals surface area contributed by atoms with E-state index < -0.39 is 5.97 Å². The number of hydrogen-bond donors (Lipinski definition) is 1. The fraction of sp³-hybridized carbons (Fsp3) is 0.0556. The Morgan fingerprint density at radius 3 is 2.72 bits per heavy atom. The lowest BCUT2D eigenvalue weighted by Crippen LogP contribution is -2.20. The summed E-state index contributed by atoms with van der Waals surface area (Å²) in [7, 11) is 0. The molecule has 0 fully saturated rings. The average Bonchev–Trinajstić information content (AvgIpc) is 3.25. The van der Waals surface area contributed by atoms with E-state index in [2.05, 4.69) is 4.98 Å². The highest BCUT2D eigenvalue weighted by Crippen LogP contribution is 2.30. The van der Waals surface area contributed by atoms with Gasteiger partial charge in [-0.05, 0) is 17.7 Å². The molecule has 1 N–H and O–H groups in total. The van der Waals surface area contributed by atoms with Gasteiger partial charge in [-0.3, -0.25) is 9.36 Å². The predicted octanol–water partition coefficient (Wildman–Crippen LogP) is 3.46. The second-order valence-corrected chi connectivity index (χ2v) is 6.30. The lowest BCUT2D eigenvalue weighted by molar-refractivity contribution is 0.0660. The number of fused-ring (bicyclic) bond motifs is 1. The fourth-order valence-electron chi connectivity index (χ4n) is 2.66. The summed E-state index contributed by atoms with van der Waals surface area (Å²) in [6, 6.07) is 12.6. The van der Waals surface area contributed by atoms with E-state index in [0.29, 0.717) is 16.0 Å². The van der Waals surface area contributed by atoms with Crippen LogP contribution >= 0.6 is 11.3 Å². The van der Waals surface area contributed by atoms with Crippen molar-refractivity contribution in [3.63, 3.8) is 0 Å². The molecule has 0 saturated heterocycles. The van der Waals surface area contributed by atoms with Crippen molar-refractivity contribution in [2.75, 3.05) is 0 Å². The summed E-state index contributed by atoms with van der Waals surface area (Å²) in [6.07, 6.45) is 1.46. The maximum absolute atomic E-state index is 12.9. The van der Waals surface area contributed by atoms with Gasteiger partial charge in [-0.25, -0.2) is 9.78 Å². The van der Waals surface area contributed by atoms with Gasteiger partial charge in [0.2, 0.25) is 5.76 Å². The Morgan fingerprint density at radius 2 is 2.00 bits per heavy atom. The molecule has 0 aliphatic heterocycles. The van der Waals surface area contributed by atoms with Crippen molar-refractivity contribution >= 4 is 27.5 Å². The number of thiophene rings is 1. The Hall–Kier alpha value is -3.19. The molecule has 7 heteroatoms. The molecular formula is C18H12N2O4S. The first-order valence-electron chi connectivity index (χ1n) is 7.47. The van der Waals surface area contributed by atoms with Gasteiger partial charge in [-0.2, -0.15) is 0 Å². The molecule has 0 radical (unpaired) electrons. The van der Waals surface area contributed by atoms with Crippen molar-refractivity contribution in [2.24, 2.45) is 0 Å². The predicted molar refractivity (Wildman–Crippen MR) is 94.1 cm³/mol. The zero-order valence-electron chi connectivity index (χ0n) is 12.9. The van der Waals surface area contributed by atoms with E-state index in [4.69, 9.17) is 9.52 Å². The maximum Gasteiger partial charge on any atom is 0.371 e. The smallest absolute Gasteiger partial charge is 0.371 e. The number of furan rings is 1. The SMILES string of the molecule is O=C(O)c1ccc(Cn2cnc3scc(-c4ccccc4)c3c2=O)o1. The van der Waals surface area contributed by atoms with Gasteiger partial charge in [0.05, 0.1) is 18.3 Å². The topological polar surface area (TPSA) is 85.3 Å². The summed E-state index contributed by atoms with van der Waals surface area (Å²) in [5, 5.41) is 11.4. The van der Waals surface area contributed by atoms with Gasteiger partial charge in [0, 0.05) is 10.9 Å². The van der Waals surface area contributed by atoms with Crippen LogP contribution in [0, 0.1) is 0 Å². The summed E-state index contributed by atoms with van der Waals surface area (Å²) in [6.45, 7) is 0.124. The number of aromatic nitrogens is 2. The first-order valence-corrected chi connectivity index (χ1v) is 8.35. The number of benzene rings is 1. The van der Waals surface area contributed by atoms with Crippen molar-refractivity contribution in [3.05, 3.63) is 76.0 Å². The molecule has 0 amide bonds. The van der Waals surface area contributed by atoms with Crippen LogP contribution in [0.4, 0.5) is 0 Å². The molecule has 0 atom stereocenters. The average molecular weight is 352 g/mol. The molecule has 0 unspecified atom stereocenters. The minimum Gasteiger partial charge on any atom is -0.475 e. The van der Waals surface area contributed by atoms with Crippen LogP contribution < -0.4 is 5.56 Å². The van der Waals surface area contributed by atoms with Gasteiger partial charge in [0.25, 0.3) is 5.56 Å². The van der Waals surface area contributed by atoms with E-state index in [1.807, 2.05) is 35.7 Å². The van der Waals surface area contributed by atoms with Crippen LogP contribution in [-0.4, -0.2) is 20.6 Å². The molecule has 25 heavy (non-hydrogen) atoms.